The van der Waals surface area contributed by atoms with Gasteiger partial charge in [-0.2, -0.15) is 0 Å². The molecule has 0 fully saturated rings. The molecule has 0 saturated heterocycles. The van der Waals surface area contributed by atoms with E-state index in [1.807, 2.05) is 30.3 Å². The topological polar surface area (TPSA) is 59.3 Å². The Morgan fingerprint density at radius 1 is 1.00 bits per heavy atom. The lowest BCUT2D eigenvalue weighted by Gasteiger charge is -2.11. The molecule has 0 aliphatic heterocycles. The van der Waals surface area contributed by atoms with E-state index in [1.165, 1.54) is 30.5 Å². The Labute approximate surface area is 137 Å². The van der Waals surface area contributed by atoms with E-state index in [2.05, 4.69) is 0 Å². The molecule has 0 saturated carbocycles. The molecule has 0 bridgehead atoms. The van der Waals surface area contributed by atoms with E-state index >= 15 is 0 Å². The van der Waals surface area contributed by atoms with Crippen LogP contribution in [0.5, 0.6) is 0 Å². The third-order valence-corrected chi connectivity index (χ3v) is 3.67. The Bertz CT molecular complexity index is 931. The van der Waals surface area contributed by atoms with Gasteiger partial charge in [-0.3, -0.25) is 4.79 Å². The molecule has 0 atom stereocenters. The van der Waals surface area contributed by atoms with Gasteiger partial charge in [0.1, 0.15) is 11.4 Å². The highest BCUT2D eigenvalue weighted by Gasteiger charge is 2.15. The number of aromatic carboxylic acids is 1. The number of benzene rings is 2. The van der Waals surface area contributed by atoms with Gasteiger partial charge >= 0.3 is 5.97 Å². The summed E-state index contributed by atoms with van der Waals surface area (Å²) < 4.78 is 14.8. The van der Waals surface area contributed by atoms with E-state index in [4.69, 9.17) is 0 Å². The van der Waals surface area contributed by atoms with Crippen molar-refractivity contribution >= 4 is 5.97 Å². The van der Waals surface area contributed by atoms with Crippen molar-refractivity contribution in [3.05, 3.63) is 94.2 Å². The number of nitrogens with zero attached hydrogens (tertiary/aromatic N) is 1. The van der Waals surface area contributed by atoms with Crippen molar-refractivity contribution in [1.82, 2.24) is 4.57 Å². The molecule has 0 radical (unpaired) electrons. The lowest BCUT2D eigenvalue weighted by molar-refractivity contribution is 0.0694. The molecule has 0 aliphatic rings. The van der Waals surface area contributed by atoms with Crippen LogP contribution < -0.4 is 5.43 Å². The Morgan fingerprint density at radius 3 is 2.29 bits per heavy atom. The predicted molar refractivity (Wildman–Crippen MR) is 88.6 cm³/mol. The van der Waals surface area contributed by atoms with Gasteiger partial charge in [-0.25, -0.2) is 9.18 Å². The van der Waals surface area contributed by atoms with E-state index < -0.39 is 17.2 Å². The fourth-order valence-corrected chi connectivity index (χ4v) is 2.50. The quantitative estimate of drug-likeness (QED) is 0.800. The third-order valence-electron chi connectivity index (χ3n) is 3.67. The fraction of sp³-hybridized carbons (Fsp3) is 0.0526. The largest absolute Gasteiger partial charge is 0.477 e. The smallest absolute Gasteiger partial charge is 0.341 e. The zero-order valence-corrected chi connectivity index (χ0v) is 12.6. The molecule has 120 valence electrons. The first-order chi connectivity index (χ1) is 11.5. The standard InChI is InChI=1S/C19H14FNO3/c20-15-8-6-14(7-9-15)16-11-21(10-13-4-2-1-3-5-13)12-17(18(16)22)19(23)24/h1-9,11-12H,10H2,(H,23,24). The summed E-state index contributed by atoms with van der Waals surface area (Å²) in [6.45, 7) is 0.426. The molecule has 2 aromatic carbocycles. The summed E-state index contributed by atoms with van der Waals surface area (Å²) in [7, 11) is 0. The summed E-state index contributed by atoms with van der Waals surface area (Å²) >= 11 is 0. The van der Waals surface area contributed by atoms with Crippen molar-refractivity contribution in [2.75, 3.05) is 0 Å². The van der Waals surface area contributed by atoms with E-state index in [1.54, 1.807) is 10.8 Å². The maximum absolute atomic E-state index is 13.1. The van der Waals surface area contributed by atoms with Crippen LogP contribution in [0.2, 0.25) is 0 Å². The van der Waals surface area contributed by atoms with Gasteiger partial charge in [0.15, 0.2) is 0 Å². The van der Waals surface area contributed by atoms with Crippen LogP contribution >= 0.6 is 0 Å². The highest BCUT2D eigenvalue weighted by Crippen LogP contribution is 2.17. The molecule has 3 aromatic rings. The minimum atomic E-state index is -1.29. The summed E-state index contributed by atoms with van der Waals surface area (Å²) in [6.07, 6.45) is 2.92. The SMILES string of the molecule is O=C(O)c1cn(Cc2ccccc2)cc(-c2ccc(F)cc2)c1=O. The molecule has 3 rings (SSSR count). The molecule has 1 heterocycles. The number of hydrogen-bond acceptors (Lipinski definition) is 2. The van der Waals surface area contributed by atoms with Gasteiger partial charge in [0.25, 0.3) is 0 Å². The van der Waals surface area contributed by atoms with Gasteiger partial charge in [-0.1, -0.05) is 42.5 Å². The minimum absolute atomic E-state index is 0.228. The van der Waals surface area contributed by atoms with Crippen molar-refractivity contribution in [2.45, 2.75) is 6.54 Å². The second-order valence-electron chi connectivity index (χ2n) is 5.38. The lowest BCUT2D eigenvalue weighted by atomic mass is 10.0. The predicted octanol–water partition coefficient (Wildman–Crippen LogP) is 3.40. The Balaban J connectivity index is 2.12. The average molecular weight is 323 g/mol. The van der Waals surface area contributed by atoms with Crippen LogP contribution in [0, 0.1) is 5.82 Å². The molecule has 0 unspecified atom stereocenters. The van der Waals surface area contributed by atoms with Crippen LogP contribution in [0.4, 0.5) is 4.39 Å². The molecule has 0 amide bonds. The number of halogens is 1. The van der Waals surface area contributed by atoms with E-state index in [9.17, 15) is 19.1 Å². The van der Waals surface area contributed by atoms with Gasteiger partial charge in [0, 0.05) is 24.5 Å². The highest BCUT2D eigenvalue weighted by atomic mass is 19.1. The second-order valence-corrected chi connectivity index (χ2v) is 5.38. The van der Waals surface area contributed by atoms with Crippen molar-refractivity contribution in [1.29, 1.82) is 0 Å². The number of carboxylic acids is 1. The number of hydrogen-bond donors (Lipinski definition) is 1. The molecule has 24 heavy (non-hydrogen) atoms. The number of pyridine rings is 1. The summed E-state index contributed by atoms with van der Waals surface area (Å²) in [5, 5.41) is 9.30. The average Bonchev–Trinajstić information content (AvgIpc) is 2.58. The Hall–Kier alpha value is -3.21. The summed E-state index contributed by atoms with van der Waals surface area (Å²) in [4.78, 5) is 23.8. The maximum Gasteiger partial charge on any atom is 0.341 e. The fourth-order valence-electron chi connectivity index (χ4n) is 2.50. The lowest BCUT2D eigenvalue weighted by Crippen LogP contribution is -2.20. The second kappa shape index (κ2) is 6.50. The first-order valence-corrected chi connectivity index (χ1v) is 7.32. The number of rotatable bonds is 4. The number of carbonyl (C=O) groups is 1. The summed E-state index contributed by atoms with van der Waals surface area (Å²) in [5.74, 6) is -1.71. The monoisotopic (exact) mass is 323 g/mol. The van der Waals surface area contributed by atoms with Gasteiger partial charge in [0.05, 0.1) is 0 Å². The zero-order chi connectivity index (χ0) is 17.1. The van der Waals surface area contributed by atoms with Crippen LogP contribution in [0.1, 0.15) is 15.9 Å². The summed E-state index contributed by atoms with van der Waals surface area (Å²) in [6, 6.07) is 14.9. The molecular weight excluding hydrogens is 309 g/mol. The van der Waals surface area contributed by atoms with Gasteiger partial charge in [-0.15, -0.1) is 0 Å². The molecule has 1 N–H and O–H groups in total. The summed E-state index contributed by atoms with van der Waals surface area (Å²) in [5.41, 5.74) is 0.783. The highest BCUT2D eigenvalue weighted by molar-refractivity contribution is 5.88. The molecule has 4 nitrogen and oxygen atoms in total. The molecule has 0 spiro atoms. The van der Waals surface area contributed by atoms with Gasteiger partial charge in [0.2, 0.25) is 5.43 Å². The normalized spacial score (nSPS) is 10.5. The van der Waals surface area contributed by atoms with Crippen LogP contribution in [0.3, 0.4) is 0 Å². The van der Waals surface area contributed by atoms with Crippen LogP contribution in [-0.4, -0.2) is 15.6 Å². The first-order valence-electron chi connectivity index (χ1n) is 7.32. The van der Waals surface area contributed by atoms with E-state index in [-0.39, 0.29) is 11.1 Å². The van der Waals surface area contributed by atoms with Crippen LogP contribution in [0.15, 0.2) is 71.8 Å². The Morgan fingerprint density at radius 2 is 1.67 bits per heavy atom. The van der Waals surface area contributed by atoms with Crippen molar-refractivity contribution in [3.63, 3.8) is 0 Å². The van der Waals surface area contributed by atoms with Crippen LogP contribution in [0.25, 0.3) is 11.1 Å². The molecule has 1 aromatic heterocycles. The molecular formula is C19H14FNO3. The first kappa shape index (κ1) is 15.7. The van der Waals surface area contributed by atoms with Gasteiger partial charge < -0.3 is 9.67 Å². The number of aromatic nitrogens is 1. The third kappa shape index (κ3) is 3.25. The Kier molecular flexibility index (Phi) is 4.24. The molecule has 0 aliphatic carbocycles. The number of carboxylic acid groups (broad SMARTS) is 1. The molecule has 5 heteroatoms. The zero-order valence-electron chi connectivity index (χ0n) is 12.6. The minimum Gasteiger partial charge on any atom is -0.477 e. The van der Waals surface area contributed by atoms with Crippen molar-refractivity contribution in [3.8, 4) is 11.1 Å². The van der Waals surface area contributed by atoms with Crippen molar-refractivity contribution < 1.29 is 14.3 Å². The van der Waals surface area contributed by atoms with Gasteiger partial charge in [-0.05, 0) is 23.3 Å². The maximum atomic E-state index is 13.1. The van der Waals surface area contributed by atoms with Crippen molar-refractivity contribution in [2.24, 2.45) is 0 Å². The van der Waals surface area contributed by atoms with Crippen LogP contribution in [-0.2, 0) is 6.54 Å². The van der Waals surface area contributed by atoms with E-state index in [0.29, 0.717) is 12.1 Å². The van der Waals surface area contributed by atoms with E-state index in [0.717, 1.165) is 5.56 Å².